The van der Waals surface area contributed by atoms with Crippen molar-refractivity contribution in [2.45, 2.75) is 43.9 Å². The first-order chi connectivity index (χ1) is 13.4. The second kappa shape index (κ2) is 8.17. The lowest BCUT2D eigenvalue weighted by Gasteiger charge is -2.41. The second-order valence-corrected chi connectivity index (χ2v) is 8.01. The van der Waals surface area contributed by atoms with E-state index >= 15 is 0 Å². The molecule has 1 heterocycles. The molecule has 3 amide bonds. The number of hydrogen-bond acceptors (Lipinski definition) is 3. The van der Waals surface area contributed by atoms with Crippen LogP contribution in [0.2, 0.25) is 0 Å². The molecule has 2 fully saturated rings. The van der Waals surface area contributed by atoms with Crippen LogP contribution >= 0.6 is 0 Å². The van der Waals surface area contributed by atoms with Crippen LogP contribution in [-0.2, 0) is 19.8 Å². The Balaban J connectivity index is 1.80. The molecule has 1 aliphatic carbocycles. The molecule has 1 aromatic rings. The quantitative estimate of drug-likeness (QED) is 0.735. The predicted molar refractivity (Wildman–Crippen MR) is 107 cm³/mol. The Bertz CT molecular complexity index is 746. The molecule has 0 aromatic heterocycles. The fourth-order valence-electron chi connectivity index (χ4n) is 4.62. The second-order valence-electron chi connectivity index (χ2n) is 8.01. The molecule has 0 bridgehead atoms. The van der Waals surface area contributed by atoms with Crippen LogP contribution in [-0.4, -0.2) is 42.3 Å². The van der Waals surface area contributed by atoms with Crippen LogP contribution < -0.4 is 11.1 Å². The average Bonchev–Trinajstić information content (AvgIpc) is 3.22. The highest BCUT2D eigenvalue weighted by Crippen LogP contribution is 2.39. The van der Waals surface area contributed by atoms with Gasteiger partial charge in [0, 0.05) is 19.6 Å². The Morgan fingerprint density at radius 1 is 1.07 bits per heavy atom. The molecule has 6 nitrogen and oxygen atoms in total. The van der Waals surface area contributed by atoms with Crippen LogP contribution in [0, 0.1) is 5.41 Å². The minimum Gasteiger partial charge on any atom is -0.369 e. The first-order valence-corrected chi connectivity index (χ1v) is 9.99. The summed E-state index contributed by atoms with van der Waals surface area (Å²) in [6, 6.07) is 9.70. The molecule has 0 unspecified atom stereocenters. The molecule has 150 valence electrons. The zero-order valence-corrected chi connectivity index (χ0v) is 16.3. The number of rotatable bonds is 6. The van der Waals surface area contributed by atoms with Crippen molar-refractivity contribution in [3.8, 4) is 0 Å². The Morgan fingerprint density at radius 2 is 1.68 bits per heavy atom. The number of primary amides is 1. The van der Waals surface area contributed by atoms with Gasteiger partial charge in [-0.15, -0.1) is 0 Å². The molecule has 0 atom stereocenters. The van der Waals surface area contributed by atoms with E-state index in [1.54, 1.807) is 4.90 Å². The van der Waals surface area contributed by atoms with E-state index in [4.69, 9.17) is 5.73 Å². The van der Waals surface area contributed by atoms with E-state index in [2.05, 4.69) is 11.9 Å². The number of hydrogen-bond donors (Lipinski definition) is 2. The minimum atomic E-state index is -0.712. The van der Waals surface area contributed by atoms with Crippen molar-refractivity contribution in [1.82, 2.24) is 10.2 Å². The maximum atomic E-state index is 13.4. The zero-order chi connectivity index (χ0) is 20.2. The summed E-state index contributed by atoms with van der Waals surface area (Å²) < 4.78 is 0. The number of nitrogens with two attached hydrogens (primary N) is 1. The van der Waals surface area contributed by atoms with E-state index < -0.39 is 10.8 Å². The van der Waals surface area contributed by atoms with Gasteiger partial charge < -0.3 is 16.0 Å². The molecule has 0 radical (unpaired) electrons. The number of nitrogens with one attached hydrogen (secondary N) is 1. The standard InChI is InChI=1S/C22H29N3O3/c1-2-18(26)25-14-12-22(13-15-25,17-8-4-3-5-9-17)20(28)24-16-21(19(23)27)10-6-7-11-21/h2-5,8-9H,1,6-7,10-16H2,(H2,23,27)(H,24,28). The number of likely N-dealkylation sites (tertiary alicyclic amines) is 1. The van der Waals surface area contributed by atoms with E-state index in [9.17, 15) is 14.4 Å². The monoisotopic (exact) mass is 383 g/mol. The Morgan fingerprint density at radius 3 is 2.21 bits per heavy atom. The average molecular weight is 383 g/mol. The van der Waals surface area contributed by atoms with Crippen molar-refractivity contribution in [3.63, 3.8) is 0 Å². The summed E-state index contributed by atoms with van der Waals surface area (Å²) in [5, 5.41) is 3.05. The van der Waals surface area contributed by atoms with Gasteiger partial charge in [-0.25, -0.2) is 0 Å². The third kappa shape index (κ3) is 3.68. The maximum Gasteiger partial charge on any atom is 0.245 e. The van der Waals surface area contributed by atoms with Gasteiger partial charge in [0.1, 0.15) is 0 Å². The first kappa shape index (κ1) is 20.1. The van der Waals surface area contributed by atoms with Gasteiger partial charge in [0.2, 0.25) is 17.7 Å². The smallest absolute Gasteiger partial charge is 0.245 e. The lowest BCUT2D eigenvalue weighted by Crippen LogP contribution is -2.55. The van der Waals surface area contributed by atoms with Gasteiger partial charge in [-0.3, -0.25) is 14.4 Å². The van der Waals surface area contributed by atoms with Gasteiger partial charge in [0.15, 0.2) is 0 Å². The van der Waals surface area contributed by atoms with E-state index in [1.165, 1.54) is 6.08 Å². The molecular weight excluding hydrogens is 354 g/mol. The van der Waals surface area contributed by atoms with E-state index in [-0.39, 0.29) is 24.3 Å². The highest BCUT2D eigenvalue weighted by atomic mass is 16.2. The summed E-state index contributed by atoms with van der Waals surface area (Å²) in [6.07, 6.45) is 5.75. The summed E-state index contributed by atoms with van der Waals surface area (Å²) in [6.45, 7) is 4.82. The lowest BCUT2D eigenvalue weighted by atomic mass is 9.71. The Labute approximate surface area is 166 Å². The van der Waals surface area contributed by atoms with Crippen LogP contribution in [0.5, 0.6) is 0 Å². The number of carbonyl (C=O) groups excluding carboxylic acids is 3. The van der Waals surface area contributed by atoms with E-state index in [0.29, 0.717) is 25.9 Å². The predicted octanol–water partition coefficient (Wildman–Crippen LogP) is 1.89. The SMILES string of the molecule is C=CC(=O)N1CCC(C(=O)NCC2(C(N)=O)CCCC2)(c2ccccc2)CC1. The summed E-state index contributed by atoms with van der Waals surface area (Å²) in [5.41, 5.74) is 5.26. The summed E-state index contributed by atoms with van der Waals surface area (Å²) in [7, 11) is 0. The van der Waals surface area contributed by atoms with Gasteiger partial charge in [0.25, 0.3) is 0 Å². The van der Waals surface area contributed by atoms with Crippen LogP contribution in [0.1, 0.15) is 44.1 Å². The van der Waals surface area contributed by atoms with Crippen LogP contribution in [0.3, 0.4) is 0 Å². The van der Waals surface area contributed by atoms with Gasteiger partial charge in [-0.1, -0.05) is 49.8 Å². The van der Waals surface area contributed by atoms with Gasteiger partial charge in [0.05, 0.1) is 10.8 Å². The third-order valence-corrected chi connectivity index (χ3v) is 6.53. The molecule has 28 heavy (non-hydrogen) atoms. The summed E-state index contributed by atoms with van der Waals surface area (Å²) in [5.74, 6) is -0.525. The summed E-state index contributed by atoms with van der Waals surface area (Å²) in [4.78, 5) is 39.1. The van der Waals surface area contributed by atoms with Crippen molar-refractivity contribution < 1.29 is 14.4 Å². The molecular formula is C22H29N3O3. The molecule has 6 heteroatoms. The number of piperidine rings is 1. The van der Waals surface area contributed by atoms with Crippen molar-refractivity contribution in [3.05, 3.63) is 48.6 Å². The topological polar surface area (TPSA) is 92.5 Å². The number of carbonyl (C=O) groups is 3. The number of nitrogens with zero attached hydrogens (tertiary/aromatic N) is 1. The molecule has 1 aliphatic heterocycles. The lowest BCUT2D eigenvalue weighted by molar-refractivity contribution is -0.135. The van der Waals surface area contributed by atoms with Gasteiger partial charge >= 0.3 is 0 Å². The van der Waals surface area contributed by atoms with Crippen molar-refractivity contribution in [2.24, 2.45) is 11.1 Å². The fourth-order valence-corrected chi connectivity index (χ4v) is 4.62. The molecule has 1 aromatic carbocycles. The molecule has 1 saturated carbocycles. The highest BCUT2D eigenvalue weighted by Gasteiger charge is 2.45. The zero-order valence-electron chi connectivity index (χ0n) is 16.3. The molecule has 2 aliphatic rings. The molecule has 3 rings (SSSR count). The Kier molecular flexibility index (Phi) is 5.87. The van der Waals surface area contributed by atoms with Crippen LogP contribution in [0.4, 0.5) is 0 Å². The molecule has 3 N–H and O–H groups in total. The van der Waals surface area contributed by atoms with Gasteiger partial charge in [-0.2, -0.15) is 0 Å². The molecule has 0 spiro atoms. The van der Waals surface area contributed by atoms with Gasteiger partial charge in [-0.05, 0) is 37.3 Å². The largest absolute Gasteiger partial charge is 0.369 e. The number of amides is 3. The first-order valence-electron chi connectivity index (χ1n) is 9.99. The van der Waals surface area contributed by atoms with Crippen LogP contribution in [0.15, 0.2) is 43.0 Å². The van der Waals surface area contributed by atoms with Crippen LogP contribution in [0.25, 0.3) is 0 Å². The van der Waals surface area contributed by atoms with Crippen molar-refractivity contribution >= 4 is 17.7 Å². The van der Waals surface area contributed by atoms with E-state index in [1.807, 2.05) is 30.3 Å². The summed E-state index contributed by atoms with van der Waals surface area (Å²) >= 11 is 0. The maximum absolute atomic E-state index is 13.4. The number of benzene rings is 1. The molecule has 1 saturated heterocycles. The van der Waals surface area contributed by atoms with E-state index in [0.717, 1.165) is 31.2 Å². The third-order valence-electron chi connectivity index (χ3n) is 6.53. The fraction of sp³-hybridized carbons (Fsp3) is 0.500. The minimum absolute atomic E-state index is 0.0862. The van der Waals surface area contributed by atoms with Crippen molar-refractivity contribution in [2.75, 3.05) is 19.6 Å². The normalized spacial score (nSPS) is 20.4. The van der Waals surface area contributed by atoms with Crippen molar-refractivity contribution in [1.29, 1.82) is 0 Å². The Hall–Kier alpha value is -2.63. The highest BCUT2D eigenvalue weighted by molar-refractivity contribution is 5.91.